The van der Waals surface area contributed by atoms with Gasteiger partial charge < -0.3 is 10.5 Å². The fraction of sp³-hybridized carbons (Fsp3) is 0.167. The van der Waals surface area contributed by atoms with Crippen LogP contribution in [0, 0.1) is 0 Å². The number of para-hydroxylation sites is 2. The third kappa shape index (κ3) is 2.88. The van der Waals surface area contributed by atoms with E-state index in [0.717, 1.165) is 27.8 Å². The molecule has 0 fully saturated rings. The molecule has 0 amide bonds. The third-order valence-corrected chi connectivity index (χ3v) is 3.53. The maximum Gasteiger partial charge on any atom is 0.124 e. The molecule has 0 aliphatic heterocycles. The smallest absolute Gasteiger partial charge is 0.124 e. The van der Waals surface area contributed by atoms with Gasteiger partial charge in [-0.05, 0) is 25.1 Å². The van der Waals surface area contributed by atoms with E-state index in [0.29, 0.717) is 6.61 Å². The minimum absolute atomic E-state index is 0.0459. The van der Waals surface area contributed by atoms with E-state index in [9.17, 15) is 0 Å². The number of nitrogens with two attached hydrogens (primary N) is 1. The SMILES string of the molecule is CC(N)c1ccccc1OCc1ccnc2ccccc12. The van der Waals surface area contributed by atoms with Gasteiger partial charge in [-0.3, -0.25) is 4.98 Å². The van der Waals surface area contributed by atoms with Crippen LogP contribution >= 0.6 is 0 Å². The zero-order valence-corrected chi connectivity index (χ0v) is 12.0. The summed E-state index contributed by atoms with van der Waals surface area (Å²) in [6.07, 6.45) is 1.82. The Morgan fingerprint density at radius 3 is 2.67 bits per heavy atom. The van der Waals surface area contributed by atoms with E-state index >= 15 is 0 Å². The van der Waals surface area contributed by atoms with Crippen molar-refractivity contribution in [3.05, 3.63) is 71.9 Å². The van der Waals surface area contributed by atoms with Crippen molar-refractivity contribution in [2.75, 3.05) is 0 Å². The lowest BCUT2D eigenvalue weighted by atomic mass is 10.1. The second-order valence-corrected chi connectivity index (χ2v) is 5.10. The van der Waals surface area contributed by atoms with Crippen LogP contribution in [0.4, 0.5) is 0 Å². The predicted octanol–water partition coefficient (Wildman–Crippen LogP) is 3.83. The first-order chi connectivity index (χ1) is 10.3. The van der Waals surface area contributed by atoms with Crippen LogP contribution in [0.25, 0.3) is 10.9 Å². The largest absolute Gasteiger partial charge is 0.489 e. The van der Waals surface area contributed by atoms with Gasteiger partial charge in [-0.1, -0.05) is 36.4 Å². The molecule has 0 radical (unpaired) electrons. The standard InChI is InChI=1S/C18H18N2O/c1-13(19)15-6-3-5-9-18(15)21-12-14-10-11-20-17-8-4-2-7-16(14)17/h2-11,13H,12,19H2,1H3. The molecule has 0 aliphatic rings. The van der Waals surface area contributed by atoms with Crippen molar-refractivity contribution in [1.29, 1.82) is 0 Å². The number of benzene rings is 2. The summed E-state index contributed by atoms with van der Waals surface area (Å²) in [5.41, 5.74) is 9.12. The van der Waals surface area contributed by atoms with Crippen molar-refractivity contribution >= 4 is 10.9 Å². The van der Waals surface area contributed by atoms with Crippen LogP contribution < -0.4 is 10.5 Å². The van der Waals surface area contributed by atoms with Gasteiger partial charge in [-0.15, -0.1) is 0 Å². The first-order valence-electron chi connectivity index (χ1n) is 7.05. The summed E-state index contributed by atoms with van der Waals surface area (Å²) >= 11 is 0. The third-order valence-electron chi connectivity index (χ3n) is 3.53. The van der Waals surface area contributed by atoms with Crippen molar-refractivity contribution in [3.8, 4) is 5.75 Å². The first-order valence-corrected chi connectivity index (χ1v) is 7.05. The number of fused-ring (bicyclic) bond motifs is 1. The van der Waals surface area contributed by atoms with Crippen LogP contribution in [-0.2, 0) is 6.61 Å². The Kier molecular flexibility index (Phi) is 3.84. The van der Waals surface area contributed by atoms with E-state index in [-0.39, 0.29) is 6.04 Å². The molecule has 0 bridgehead atoms. The molecule has 3 heteroatoms. The number of aromatic nitrogens is 1. The lowest BCUT2D eigenvalue weighted by Crippen LogP contribution is -2.08. The maximum atomic E-state index is 5.98. The van der Waals surface area contributed by atoms with Crippen LogP contribution in [-0.4, -0.2) is 4.98 Å². The monoisotopic (exact) mass is 278 g/mol. The topological polar surface area (TPSA) is 48.1 Å². The summed E-state index contributed by atoms with van der Waals surface area (Å²) in [6, 6.07) is 17.9. The molecule has 1 heterocycles. The van der Waals surface area contributed by atoms with Crippen molar-refractivity contribution in [2.24, 2.45) is 5.73 Å². The molecular formula is C18H18N2O. The summed E-state index contributed by atoms with van der Waals surface area (Å²) in [5, 5.41) is 1.12. The summed E-state index contributed by atoms with van der Waals surface area (Å²) in [7, 11) is 0. The molecule has 21 heavy (non-hydrogen) atoms. The Bertz CT molecular complexity index is 748. The number of nitrogens with zero attached hydrogens (tertiary/aromatic N) is 1. The number of hydrogen-bond acceptors (Lipinski definition) is 3. The Balaban J connectivity index is 1.87. The van der Waals surface area contributed by atoms with E-state index in [2.05, 4.69) is 11.1 Å². The van der Waals surface area contributed by atoms with Gasteiger partial charge in [0.05, 0.1) is 5.52 Å². The van der Waals surface area contributed by atoms with Gasteiger partial charge in [-0.2, -0.15) is 0 Å². The van der Waals surface area contributed by atoms with E-state index in [1.54, 1.807) is 0 Å². The zero-order valence-electron chi connectivity index (χ0n) is 12.0. The molecule has 3 aromatic rings. The minimum atomic E-state index is -0.0459. The quantitative estimate of drug-likeness (QED) is 0.789. The summed E-state index contributed by atoms with van der Waals surface area (Å²) in [6.45, 7) is 2.47. The van der Waals surface area contributed by atoms with Crippen molar-refractivity contribution < 1.29 is 4.74 Å². The van der Waals surface area contributed by atoms with E-state index in [4.69, 9.17) is 10.5 Å². The molecule has 2 N–H and O–H groups in total. The maximum absolute atomic E-state index is 5.98. The molecule has 2 aromatic carbocycles. The highest BCUT2D eigenvalue weighted by atomic mass is 16.5. The van der Waals surface area contributed by atoms with Gasteiger partial charge in [0, 0.05) is 28.8 Å². The lowest BCUT2D eigenvalue weighted by Gasteiger charge is -2.14. The second-order valence-electron chi connectivity index (χ2n) is 5.10. The van der Waals surface area contributed by atoms with E-state index < -0.39 is 0 Å². The lowest BCUT2D eigenvalue weighted by molar-refractivity contribution is 0.303. The van der Waals surface area contributed by atoms with Crippen molar-refractivity contribution in [2.45, 2.75) is 19.6 Å². The number of ether oxygens (including phenoxy) is 1. The van der Waals surface area contributed by atoms with Crippen molar-refractivity contribution in [1.82, 2.24) is 4.98 Å². The Morgan fingerprint density at radius 1 is 1.05 bits per heavy atom. The number of hydrogen-bond donors (Lipinski definition) is 1. The summed E-state index contributed by atoms with van der Waals surface area (Å²) < 4.78 is 5.98. The van der Waals surface area contributed by atoms with Gasteiger partial charge >= 0.3 is 0 Å². The average Bonchev–Trinajstić information content (AvgIpc) is 2.53. The molecule has 1 atom stereocenters. The van der Waals surface area contributed by atoms with Crippen LogP contribution in [0.3, 0.4) is 0 Å². The first kappa shape index (κ1) is 13.6. The van der Waals surface area contributed by atoms with Crippen LogP contribution in [0.15, 0.2) is 60.8 Å². The summed E-state index contributed by atoms with van der Waals surface area (Å²) in [4.78, 5) is 4.37. The van der Waals surface area contributed by atoms with E-state index in [1.807, 2.05) is 61.7 Å². The highest BCUT2D eigenvalue weighted by molar-refractivity contribution is 5.81. The Labute approximate surface area is 124 Å². The second kappa shape index (κ2) is 5.94. The molecule has 0 saturated heterocycles. The van der Waals surface area contributed by atoms with Crippen molar-refractivity contribution in [3.63, 3.8) is 0 Å². The molecule has 106 valence electrons. The minimum Gasteiger partial charge on any atom is -0.489 e. The van der Waals surface area contributed by atoms with Crippen LogP contribution in [0.5, 0.6) is 5.75 Å². The molecule has 1 unspecified atom stereocenters. The molecule has 1 aromatic heterocycles. The zero-order chi connectivity index (χ0) is 14.7. The molecule has 0 saturated carbocycles. The number of rotatable bonds is 4. The predicted molar refractivity (Wildman–Crippen MR) is 85.1 cm³/mol. The van der Waals surface area contributed by atoms with Crippen LogP contribution in [0.2, 0.25) is 0 Å². The fourth-order valence-corrected chi connectivity index (χ4v) is 2.42. The van der Waals surface area contributed by atoms with Crippen LogP contribution in [0.1, 0.15) is 24.1 Å². The highest BCUT2D eigenvalue weighted by Crippen LogP contribution is 2.25. The van der Waals surface area contributed by atoms with Gasteiger partial charge in [0.15, 0.2) is 0 Å². The fourth-order valence-electron chi connectivity index (χ4n) is 2.42. The Morgan fingerprint density at radius 2 is 1.81 bits per heavy atom. The van der Waals surface area contributed by atoms with Gasteiger partial charge in [0.25, 0.3) is 0 Å². The van der Waals surface area contributed by atoms with Gasteiger partial charge in [0.2, 0.25) is 0 Å². The molecule has 3 rings (SSSR count). The molecular weight excluding hydrogens is 260 g/mol. The normalized spacial score (nSPS) is 12.3. The van der Waals surface area contributed by atoms with Gasteiger partial charge in [0.1, 0.15) is 12.4 Å². The summed E-state index contributed by atoms with van der Waals surface area (Å²) in [5.74, 6) is 0.841. The number of pyridine rings is 1. The van der Waals surface area contributed by atoms with Gasteiger partial charge in [-0.25, -0.2) is 0 Å². The molecule has 0 aliphatic carbocycles. The Hall–Kier alpha value is -2.39. The molecule has 3 nitrogen and oxygen atoms in total. The molecule has 0 spiro atoms. The van der Waals surface area contributed by atoms with E-state index in [1.165, 1.54) is 0 Å². The average molecular weight is 278 g/mol. The highest BCUT2D eigenvalue weighted by Gasteiger charge is 2.08.